The third-order valence-corrected chi connectivity index (χ3v) is 5.25. The smallest absolute Gasteiger partial charge is 0.224 e. The van der Waals surface area contributed by atoms with Gasteiger partial charge in [-0.1, -0.05) is 18.2 Å². The molecule has 31 heavy (non-hydrogen) atoms. The molecule has 0 bridgehead atoms. The highest BCUT2D eigenvalue weighted by Crippen LogP contribution is 2.31. The number of fused-ring (bicyclic) bond motifs is 3. The molecule has 0 saturated carbocycles. The molecule has 0 spiro atoms. The first-order valence-corrected chi connectivity index (χ1v) is 10.2. The summed E-state index contributed by atoms with van der Waals surface area (Å²) < 4.78 is 2.25. The minimum absolute atomic E-state index is 0.0726. The largest absolute Gasteiger partial charge is 0.341 e. The molecule has 1 heterocycles. The van der Waals surface area contributed by atoms with E-state index >= 15 is 0 Å². The quantitative estimate of drug-likeness (QED) is 0.467. The summed E-state index contributed by atoms with van der Waals surface area (Å²) in [6.07, 6.45) is 0.153. The molecule has 6 nitrogen and oxygen atoms in total. The van der Waals surface area contributed by atoms with E-state index in [0.29, 0.717) is 16.9 Å². The van der Waals surface area contributed by atoms with E-state index in [2.05, 4.69) is 34.3 Å². The number of nitriles is 1. The molecule has 2 N–H and O–H groups in total. The topological polar surface area (TPSA) is 86.9 Å². The van der Waals surface area contributed by atoms with Crippen molar-refractivity contribution in [1.29, 1.82) is 5.26 Å². The number of rotatable bonds is 6. The molecule has 4 aromatic rings. The third kappa shape index (κ3) is 4.26. The number of amides is 2. The van der Waals surface area contributed by atoms with Gasteiger partial charge in [0, 0.05) is 52.6 Å². The molecule has 0 aliphatic carbocycles. The Kier molecular flexibility index (Phi) is 5.67. The first kappa shape index (κ1) is 20.2. The van der Waals surface area contributed by atoms with Crippen molar-refractivity contribution in [3.8, 4) is 6.07 Å². The van der Waals surface area contributed by atoms with Crippen molar-refractivity contribution >= 4 is 45.0 Å². The van der Waals surface area contributed by atoms with E-state index < -0.39 is 0 Å². The lowest BCUT2D eigenvalue weighted by molar-refractivity contribution is -0.121. The first-order chi connectivity index (χ1) is 15.1. The Morgan fingerprint density at radius 3 is 2.13 bits per heavy atom. The maximum absolute atomic E-state index is 12.4. The molecule has 154 valence electrons. The molecule has 2 amide bonds. The maximum atomic E-state index is 12.4. The van der Waals surface area contributed by atoms with Crippen molar-refractivity contribution < 1.29 is 9.59 Å². The van der Waals surface area contributed by atoms with Crippen LogP contribution in [-0.4, -0.2) is 16.4 Å². The lowest BCUT2D eigenvalue weighted by Crippen LogP contribution is -2.17. The average molecular weight is 410 g/mol. The summed E-state index contributed by atoms with van der Waals surface area (Å²) in [7, 11) is 0. The van der Waals surface area contributed by atoms with Crippen LogP contribution in [0.3, 0.4) is 0 Å². The first-order valence-electron chi connectivity index (χ1n) is 10.2. The van der Waals surface area contributed by atoms with Crippen LogP contribution in [0.5, 0.6) is 0 Å². The van der Waals surface area contributed by atoms with E-state index in [0.717, 1.165) is 22.8 Å². The van der Waals surface area contributed by atoms with E-state index in [-0.39, 0.29) is 24.7 Å². The molecule has 4 rings (SSSR count). The highest BCUT2D eigenvalue weighted by molar-refractivity contribution is 6.10. The summed E-state index contributed by atoms with van der Waals surface area (Å²) in [6.45, 7) is 2.98. The van der Waals surface area contributed by atoms with Gasteiger partial charge in [-0.05, 0) is 55.5 Å². The van der Waals surface area contributed by atoms with Gasteiger partial charge in [0.1, 0.15) is 0 Å². The summed E-state index contributed by atoms with van der Waals surface area (Å²) in [6, 6.07) is 22.7. The Bertz CT molecular complexity index is 1310. The monoisotopic (exact) mass is 410 g/mol. The van der Waals surface area contributed by atoms with E-state index in [9.17, 15) is 9.59 Å². The second kappa shape index (κ2) is 8.72. The number of hydrogen-bond donors (Lipinski definition) is 2. The minimum Gasteiger partial charge on any atom is -0.341 e. The molecule has 6 heteroatoms. The number of anilines is 2. The van der Waals surface area contributed by atoms with Crippen molar-refractivity contribution in [3.63, 3.8) is 0 Å². The van der Waals surface area contributed by atoms with E-state index in [1.807, 2.05) is 36.4 Å². The van der Waals surface area contributed by atoms with Crippen LogP contribution in [0, 0.1) is 11.3 Å². The standard InChI is InChI=1S/C25H22N4O2/c1-2-29-22-6-4-3-5-20(22)21-15-19(11-12-23(21)29)28-25(31)14-13-24(30)27-18-9-7-17(16-26)8-10-18/h3-12,15H,2,13-14H2,1H3,(H,27,30)(H,28,31). The number of nitrogens with zero attached hydrogens (tertiary/aromatic N) is 2. The van der Waals surface area contributed by atoms with Gasteiger partial charge in [-0.25, -0.2) is 0 Å². The zero-order valence-electron chi connectivity index (χ0n) is 17.2. The van der Waals surface area contributed by atoms with Gasteiger partial charge in [-0.15, -0.1) is 0 Å². The maximum Gasteiger partial charge on any atom is 0.224 e. The van der Waals surface area contributed by atoms with Crippen molar-refractivity contribution in [2.45, 2.75) is 26.3 Å². The predicted octanol–water partition coefficient (Wildman–Crippen LogP) is 5.04. The number of carbonyl (C=O) groups is 2. The Morgan fingerprint density at radius 2 is 1.45 bits per heavy atom. The van der Waals surface area contributed by atoms with Gasteiger partial charge in [0.05, 0.1) is 11.6 Å². The lowest BCUT2D eigenvalue weighted by Gasteiger charge is -2.08. The number of nitrogens with one attached hydrogen (secondary N) is 2. The zero-order chi connectivity index (χ0) is 21.8. The second-order valence-electron chi connectivity index (χ2n) is 7.28. The Morgan fingerprint density at radius 1 is 0.839 bits per heavy atom. The molecule has 0 aliphatic heterocycles. The van der Waals surface area contributed by atoms with Crippen LogP contribution < -0.4 is 10.6 Å². The third-order valence-electron chi connectivity index (χ3n) is 5.25. The number of aromatic nitrogens is 1. The fraction of sp³-hybridized carbons (Fsp3) is 0.160. The molecule has 0 aliphatic rings. The normalized spacial score (nSPS) is 10.7. The summed E-state index contributed by atoms with van der Waals surface area (Å²) in [5.74, 6) is -0.463. The Labute approximate surface area is 180 Å². The second-order valence-corrected chi connectivity index (χ2v) is 7.28. The predicted molar refractivity (Wildman–Crippen MR) is 123 cm³/mol. The van der Waals surface area contributed by atoms with E-state index in [1.165, 1.54) is 5.52 Å². The average Bonchev–Trinajstić information content (AvgIpc) is 3.11. The fourth-order valence-corrected chi connectivity index (χ4v) is 3.77. The van der Waals surface area contributed by atoms with Crippen LogP contribution in [-0.2, 0) is 16.1 Å². The van der Waals surface area contributed by atoms with E-state index in [4.69, 9.17) is 5.26 Å². The van der Waals surface area contributed by atoms with Crippen molar-refractivity contribution in [2.24, 2.45) is 0 Å². The molecular formula is C25H22N4O2. The van der Waals surface area contributed by atoms with Gasteiger partial charge in [-0.2, -0.15) is 5.26 Å². The van der Waals surface area contributed by atoms with Crippen LogP contribution in [0.25, 0.3) is 21.8 Å². The zero-order valence-corrected chi connectivity index (χ0v) is 17.2. The molecule has 0 atom stereocenters. The van der Waals surface area contributed by atoms with Crippen LogP contribution in [0.1, 0.15) is 25.3 Å². The highest BCUT2D eigenvalue weighted by Gasteiger charge is 2.12. The summed E-state index contributed by atoms with van der Waals surface area (Å²) >= 11 is 0. The Balaban J connectivity index is 1.40. The van der Waals surface area contributed by atoms with Crippen LogP contribution >= 0.6 is 0 Å². The molecule has 3 aromatic carbocycles. The molecule has 0 radical (unpaired) electrons. The van der Waals surface area contributed by atoms with Crippen LogP contribution in [0.15, 0.2) is 66.7 Å². The summed E-state index contributed by atoms with van der Waals surface area (Å²) in [4.78, 5) is 24.5. The number of para-hydroxylation sites is 1. The summed E-state index contributed by atoms with van der Waals surface area (Å²) in [5, 5.41) is 16.7. The number of aryl methyl sites for hydroxylation is 1. The van der Waals surface area contributed by atoms with Gasteiger partial charge < -0.3 is 15.2 Å². The van der Waals surface area contributed by atoms with Gasteiger partial charge in [0.2, 0.25) is 11.8 Å². The van der Waals surface area contributed by atoms with Gasteiger partial charge >= 0.3 is 0 Å². The molecule has 0 fully saturated rings. The number of benzene rings is 3. The Hall–Kier alpha value is -4.11. The highest BCUT2D eigenvalue weighted by atomic mass is 16.2. The fourth-order valence-electron chi connectivity index (χ4n) is 3.77. The summed E-state index contributed by atoms with van der Waals surface area (Å²) in [5.41, 5.74) is 4.13. The minimum atomic E-state index is -0.249. The van der Waals surface area contributed by atoms with Crippen LogP contribution in [0.2, 0.25) is 0 Å². The van der Waals surface area contributed by atoms with Gasteiger partial charge in [0.15, 0.2) is 0 Å². The molecule has 0 unspecified atom stereocenters. The molecular weight excluding hydrogens is 388 g/mol. The molecule has 1 aromatic heterocycles. The van der Waals surface area contributed by atoms with Crippen molar-refractivity contribution in [2.75, 3.05) is 10.6 Å². The van der Waals surface area contributed by atoms with E-state index in [1.54, 1.807) is 24.3 Å². The number of carbonyl (C=O) groups excluding carboxylic acids is 2. The molecule has 0 saturated heterocycles. The van der Waals surface area contributed by atoms with Crippen molar-refractivity contribution in [3.05, 3.63) is 72.3 Å². The van der Waals surface area contributed by atoms with Crippen molar-refractivity contribution in [1.82, 2.24) is 4.57 Å². The number of hydrogen-bond acceptors (Lipinski definition) is 3. The van der Waals surface area contributed by atoms with Gasteiger partial charge in [-0.3, -0.25) is 9.59 Å². The SMILES string of the molecule is CCn1c2ccccc2c2cc(NC(=O)CCC(=O)Nc3ccc(C#N)cc3)ccc21. The van der Waals surface area contributed by atoms with Gasteiger partial charge in [0.25, 0.3) is 0 Å². The van der Waals surface area contributed by atoms with Crippen LogP contribution in [0.4, 0.5) is 11.4 Å². The lowest BCUT2D eigenvalue weighted by atomic mass is 10.1.